The van der Waals surface area contributed by atoms with E-state index in [2.05, 4.69) is 4.74 Å². The molecule has 0 aromatic heterocycles. The standard InChI is InChI=1S/C14H22O10/c1-9(16)5-11(17)21-3-4-22-12(18)6-10(2)24-14(20)8-23-13(19)7-15/h9-10,15-16H,3-8H2,1-2H3/t9-,10-/m1/s1. The van der Waals surface area contributed by atoms with Crippen LogP contribution in [0.5, 0.6) is 0 Å². The lowest BCUT2D eigenvalue weighted by molar-refractivity contribution is -0.165. The van der Waals surface area contributed by atoms with Gasteiger partial charge in [0.25, 0.3) is 0 Å². The number of esters is 4. The molecule has 0 saturated heterocycles. The largest absolute Gasteiger partial charge is 0.462 e. The lowest BCUT2D eigenvalue weighted by Crippen LogP contribution is -2.25. The van der Waals surface area contributed by atoms with Gasteiger partial charge in [-0.25, -0.2) is 9.59 Å². The fraction of sp³-hybridized carbons (Fsp3) is 0.714. The van der Waals surface area contributed by atoms with Crippen LogP contribution in [0.2, 0.25) is 0 Å². The van der Waals surface area contributed by atoms with Crippen molar-refractivity contribution in [2.45, 2.75) is 38.9 Å². The molecule has 0 heterocycles. The summed E-state index contributed by atoms with van der Waals surface area (Å²) in [6.07, 6.45) is -2.01. The van der Waals surface area contributed by atoms with E-state index in [1.54, 1.807) is 0 Å². The van der Waals surface area contributed by atoms with Gasteiger partial charge in [-0.3, -0.25) is 9.59 Å². The van der Waals surface area contributed by atoms with Gasteiger partial charge in [0.1, 0.15) is 25.9 Å². The van der Waals surface area contributed by atoms with Crippen molar-refractivity contribution >= 4 is 23.9 Å². The minimum Gasteiger partial charge on any atom is -0.462 e. The Kier molecular flexibility index (Phi) is 11.1. The molecule has 0 aliphatic heterocycles. The minimum atomic E-state index is -0.968. The molecule has 0 aliphatic rings. The fourth-order valence-electron chi connectivity index (χ4n) is 1.39. The zero-order chi connectivity index (χ0) is 18.5. The van der Waals surface area contributed by atoms with Gasteiger partial charge in [-0.2, -0.15) is 0 Å². The lowest BCUT2D eigenvalue weighted by Gasteiger charge is -2.13. The van der Waals surface area contributed by atoms with Crippen LogP contribution in [0.3, 0.4) is 0 Å². The van der Waals surface area contributed by atoms with Crippen molar-refractivity contribution in [1.29, 1.82) is 0 Å². The predicted octanol–water partition coefficient (Wildman–Crippen LogP) is -1.30. The molecular formula is C14H22O10. The fourth-order valence-corrected chi connectivity index (χ4v) is 1.39. The first-order chi connectivity index (χ1) is 11.2. The smallest absolute Gasteiger partial charge is 0.344 e. The molecule has 0 bridgehead atoms. The summed E-state index contributed by atoms with van der Waals surface area (Å²) < 4.78 is 18.6. The number of ether oxygens (including phenoxy) is 4. The van der Waals surface area contributed by atoms with Gasteiger partial charge in [-0.05, 0) is 13.8 Å². The molecule has 0 saturated carbocycles. The molecule has 0 aromatic rings. The predicted molar refractivity (Wildman–Crippen MR) is 76.4 cm³/mol. The molecule has 10 nitrogen and oxygen atoms in total. The molecule has 0 aromatic carbocycles. The van der Waals surface area contributed by atoms with Gasteiger partial charge < -0.3 is 29.2 Å². The summed E-state index contributed by atoms with van der Waals surface area (Å²) in [6.45, 7) is 1.04. The molecule has 0 amide bonds. The van der Waals surface area contributed by atoms with E-state index in [1.807, 2.05) is 0 Å². The highest BCUT2D eigenvalue weighted by Gasteiger charge is 2.16. The maximum absolute atomic E-state index is 11.5. The Morgan fingerprint density at radius 1 is 0.833 bits per heavy atom. The summed E-state index contributed by atoms with van der Waals surface area (Å²) in [6, 6.07) is 0. The Hall–Kier alpha value is -2.20. The first-order valence-corrected chi connectivity index (χ1v) is 7.19. The van der Waals surface area contributed by atoms with Crippen molar-refractivity contribution in [2.24, 2.45) is 0 Å². The van der Waals surface area contributed by atoms with Gasteiger partial charge in [0.2, 0.25) is 0 Å². The van der Waals surface area contributed by atoms with Gasteiger partial charge in [-0.15, -0.1) is 0 Å². The van der Waals surface area contributed by atoms with Crippen molar-refractivity contribution < 1.29 is 48.3 Å². The Balaban J connectivity index is 3.80. The number of hydrogen-bond donors (Lipinski definition) is 2. The Bertz CT molecular complexity index is 431. The summed E-state index contributed by atoms with van der Waals surface area (Å²) in [7, 11) is 0. The lowest BCUT2D eigenvalue weighted by atomic mass is 10.3. The van der Waals surface area contributed by atoms with Crippen LogP contribution < -0.4 is 0 Å². The second-order valence-corrected chi connectivity index (χ2v) is 4.82. The summed E-state index contributed by atoms with van der Waals surface area (Å²) >= 11 is 0. The number of aliphatic hydroxyl groups is 2. The van der Waals surface area contributed by atoms with E-state index in [9.17, 15) is 19.2 Å². The van der Waals surface area contributed by atoms with Crippen molar-refractivity contribution in [2.75, 3.05) is 26.4 Å². The van der Waals surface area contributed by atoms with Crippen LogP contribution in [0.15, 0.2) is 0 Å². The molecule has 0 fully saturated rings. The van der Waals surface area contributed by atoms with E-state index in [4.69, 9.17) is 24.4 Å². The molecule has 138 valence electrons. The topological polar surface area (TPSA) is 146 Å². The maximum atomic E-state index is 11.5. The van der Waals surface area contributed by atoms with Gasteiger partial charge in [0.15, 0.2) is 6.61 Å². The van der Waals surface area contributed by atoms with Crippen LogP contribution in [0.1, 0.15) is 26.7 Å². The highest BCUT2D eigenvalue weighted by molar-refractivity contribution is 5.77. The van der Waals surface area contributed by atoms with Gasteiger partial charge in [-0.1, -0.05) is 0 Å². The molecule has 24 heavy (non-hydrogen) atoms. The van der Waals surface area contributed by atoms with Crippen LogP contribution in [0.25, 0.3) is 0 Å². The van der Waals surface area contributed by atoms with Crippen LogP contribution in [-0.2, 0) is 38.1 Å². The first-order valence-electron chi connectivity index (χ1n) is 7.19. The quantitative estimate of drug-likeness (QED) is 0.262. The number of hydrogen-bond acceptors (Lipinski definition) is 10. The normalized spacial score (nSPS) is 12.7. The third-order valence-electron chi connectivity index (χ3n) is 2.34. The van der Waals surface area contributed by atoms with Crippen LogP contribution >= 0.6 is 0 Å². The summed E-state index contributed by atoms with van der Waals surface area (Å²) in [4.78, 5) is 44.5. The summed E-state index contributed by atoms with van der Waals surface area (Å²) in [5.74, 6) is -3.12. The summed E-state index contributed by atoms with van der Waals surface area (Å²) in [5, 5.41) is 17.4. The molecule has 0 radical (unpaired) electrons. The van der Waals surface area contributed by atoms with E-state index in [-0.39, 0.29) is 26.1 Å². The van der Waals surface area contributed by atoms with Crippen molar-refractivity contribution in [1.82, 2.24) is 0 Å². The van der Waals surface area contributed by atoms with Crippen LogP contribution in [-0.4, -0.2) is 72.7 Å². The molecule has 0 aliphatic carbocycles. The van der Waals surface area contributed by atoms with Gasteiger partial charge >= 0.3 is 23.9 Å². The van der Waals surface area contributed by atoms with E-state index in [0.29, 0.717) is 0 Å². The third-order valence-corrected chi connectivity index (χ3v) is 2.34. The van der Waals surface area contributed by atoms with Crippen molar-refractivity contribution in [3.63, 3.8) is 0 Å². The Morgan fingerprint density at radius 2 is 1.38 bits per heavy atom. The molecular weight excluding hydrogens is 328 g/mol. The third kappa shape index (κ3) is 12.4. The number of carbonyl (C=O) groups is 4. The van der Waals surface area contributed by atoms with E-state index >= 15 is 0 Å². The average molecular weight is 350 g/mol. The van der Waals surface area contributed by atoms with Gasteiger partial charge in [0.05, 0.1) is 18.9 Å². The number of rotatable bonds is 11. The van der Waals surface area contributed by atoms with Gasteiger partial charge in [0, 0.05) is 0 Å². The Labute approximate surface area is 138 Å². The molecule has 2 atom stereocenters. The van der Waals surface area contributed by atoms with E-state index in [0.717, 1.165) is 0 Å². The number of carbonyl (C=O) groups excluding carboxylic acids is 4. The number of aliphatic hydroxyl groups excluding tert-OH is 2. The molecule has 0 rings (SSSR count). The maximum Gasteiger partial charge on any atom is 0.344 e. The first kappa shape index (κ1) is 21.8. The van der Waals surface area contributed by atoms with Crippen molar-refractivity contribution in [3.05, 3.63) is 0 Å². The zero-order valence-electron chi connectivity index (χ0n) is 13.6. The van der Waals surface area contributed by atoms with Crippen LogP contribution in [0.4, 0.5) is 0 Å². The highest BCUT2D eigenvalue weighted by atomic mass is 16.6. The SMILES string of the molecule is C[C@H](CC(=O)OCCOC(=O)C[C@@H](C)O)OC(=O)COC(=O)CO. The molecule has 10 heteroatoms. The monoisotopic (exact) mass is 350 g/mol. The molecule has 2 N–H and O–H groups in total. The average Bonchev–Trinajstić information content (AvgIpc) is 2.48. The second-order valence-electron chi connectivity index (χ2n) is 4.82. The second kappa shape index (κ2) is 12.3. The van der Waals surface area contributed by atoms with E-state index < -0.39 is 49.3 Å². The van der Waals surface area contributed by atoms with Crippen molar-refractivity contribution in [3.8, 4) is 0 Å². The minimum absolute atomic E-state index is 0.150. The van der Waals surface area contributed by atoms with E-state index in [1.165, 1.54) is 13.8 Å². The molecule has 0 spiro atoms. The van der Waals surface area contributed by atoms with Crippen LogP contribution in [0, 0.1) is 0 Å². The summed E-state index contributed by atoms with van der Waals surface area (Å²) in [5.41, 5.74) is 0. The Morgan fingerprint density at radius 3 is 1.88 bits per heavy atom. The zero-order valence-corrected chi connectivity index (χ0v) is 13.6. The molecule has 0 unspecified atom stereocenters. The highest BCUT2D eigenvalue weighted by Crippen LogP contribution is 2.01.